The summed E-state index contributed by atoms with van der Waals surface area (Å²) in [6, 6.07) is 5.02. The Bertz CT molecular complexity index is 705. The summed E-state index contributed by atoms with van der Waals surface area (Å²) in [5.74, 6) is -0.894. The van der Waals surface area contributed by atoms with Crippen LogP contribution in [0, 0.1) is 13.8 Å². The highest BCUT2D eigenvalue weighted by Gasteiger charge is 2.13. The number of hydrogen-bond acceptors (Lipinski definition) is 5. The third-order valence-electron chi connectivity index (χ3n) is 2.79. The SMILES string of the molecule is Cc1ccc(C(=O)NCC(=O)NNC(=O)c2ccoc2C)s1. The molecule has 116 valence electrons. The van der Waals surface area contributed by atoms with Crippen LogP contribution in [0.2, 0.25) is 0 Å². The summed E-state index contributed by atoms with van der Waals surface area (Å²) in [6.07, 6.45) is 1.38. The van der Waals surface area contributed by atoms with Crippen LogP contribution in [-0.2, 0) is 4.79 Å². The van der Waals surface area contributed by atoms with Gasteiger partial charge in [-0.15, -0.1) is 11.3 Å². The molecular weight excluding hydrogens is 306 g/mol. The van der Waals surface area contributed by atoms with Gasteiger partial charge in [-0.1, -0.05) is 0 Å². The molecule has 2 aromatic rings. The fourth-order valence-electron chi connectivity index (χ4n) is 1.66. The Hall–Kier alpha value is -2.61. The number of carbonyl (C=O) groups is 3. The maximum Gasteiger partial charge on any atom is 0.273 e. The molecule has 0 radical (unpaired) electrons. The van der Waals surface area contributed by atoms with Gasteiger partial charge in [-0.3, -0.25) is 25.2 Å². The molecule has 0 fully saturated rings. The van der Waals surface area contributed by atoms with Gasteiger partial charge in [0.15, 0.2) is 0 Å². The summed E-state index contributed by atoms with van der Waals surface area (Å²) in [5.41, 5.74) is 4.80. The predicted octanol–water partition coefficient (Wildman–Crippen LogP) is 1.15. The molecule has 0 aliphatic carbocycles. The molecule has 7 nitrogen and oxygen atoms in total. The van der Waals surface area contributed by atoms with Crippen LogP contribution in [0.15, 0.2) is 28.9 Å². The maximum absolute atomic E-state index is 11.8. The van der Waals surface area contributed by atoms with Gasteiger partial charge in [0, 0.05) is 4.88 Å². The van der Waals surface area contributed by atoms with Crippen LogP contribution in [0.1, 0.15) is 30.7 Å². The van der Waals surface area contributed by atoms with Gasteiger partial charge in [0.05, 0.1) is 23.2 Å². The summed E-state index contributed by atoms with van der Waals surface area (Å²) in [5, 5.41) is 2.47. The summed E-state index contributed by atoms with van der Waals surface area (Å²) < 4.78 is 4.99. The summed E-state index contributed by atoms with van der Waals surface area (Å²) in [4.78, 5) is 36.6. The van der Waals surface area contributed by atoms with E-state index in [1.807, 2.05) is 13.0 Å². The highest BCUT2D eigenvalue weighted by Crippen LogP contribution is 2.14. The standard InChI is InChI=1S/C14H15N3O4S/c1-8-3-4-11(22-8)14(20)15-7-12(18)16-17-13(19)10-5-6-21-9(10)2/h3-6H,7H2,1-2H3,(H,15,20)(H,16,18)(H,17,19). The van der Waals surface area contributed by atoms with Gasteiger partial charge < -0.3 is 9.73 Å². The normalized spacial score (nSPS) is 10.1. The van der Waals surface area contributed by atoms with E-state index in [1.165, 1.54) is 23.7 Å². The van der Waals surface area contributed by atoms with E-state index in [0.717, 1.165) is 4.88 Å². The van der Waals surface area contributed by atoms with E-state index >= 15 is 0 Å². The minimum atomic E-state index is -0.531. The van der Waals surface area contributed by atoms with Crippen molar-refractivity contribution in [2.75, 3.05) is 6.54 Å². The first-order valence-electron chi connectivity index (χ1n) is 6.45. The minimum absolute atomic E-state index is 0.236. The second kappa shape index (κ2) is 6.90. The Kier molecular flexibility index (Phi) is 4.95. The lowest BCUT2D eigenvalue weighted by molar-refractivity contribution is -0.120. The molecule has 22 heavy (non-hydrogen) atoms. The van der Waals surface area contributed by atoms with Crippen LogP contribution >= 0.6 is 11.3 Å². The van der Waals surface area contributed by atoms with E-state index in [2.05, 4.69) is 16.2 Å². The molecule has 8 heteroatoms. The van der Waals surface area contributed by atoms with Gasteiger partial charge in [0.25, 0.3) is 17.7 Å². The molecule has 2 aromatic heterocycles. The number of thiophene rings is 1. The van der Waals surface area contributed by atoms with Crippen molar-refractivity contribution in [3.8, 4) is 0 Å². The summed E-state index contributed by atoms with van der Waals surface area (Å²) in [7, 11) is 0. The molecule has 2 heterocycles. The summed E-state index contributed by atoms with van der Waals surface area (Å²) in [6.45, 7) is 3.29. The molecule has 0 atom stereocenters. The van der Waals surface area contributed by atoms with Gasteiger partial charge >= 0.3 is 0 Å². The van der Waals surface area contributed by atoms with E-state index in [1.54, 1.807) is 13.0 Å². The molecule has 2 rings (SSSR count). The number of nitrogens with one attached hydrogen (secondary N) is 3. The molecule has 0 aromatic carbocycles. The second-order valence-electron chi connectivity index (χ2n) is 4.49. The van der Waals surface area contributed by atoms with Crippen molar-refractivity contribution in [3.05, 3.63) is 45.5 Å². The molecule has 0 unspecified atom stereocenters. The van der Waals surface area contributed by atoms with Gasteiger partial charge in [-0.05, 0) is 32.0 Å². The molecule has 0 spiro atoms. The highest BCUT2D eigenvalue weighted by molar-refractivity contribution is 7.13. The van der Waals surface area contributed by atoms with E-state index in [0.29, 0.717) is 16.2 Å². The van der Waals surface area contributed by atoms with Gasteiger partial charge in [-0.2, -0.15) is 0 Å². The largest absolute Gasteiger partial charge is 0.469 e. The van der Waals surface area contributed by atoms with Crippen molar-refractivity contribution in [1.29, 1.82) is 0 Å². The number of aryl methyl sites for hydroxylation is 2. The third-order valence-corrected chi connectivity index (χ3v) is 3.79. The number of amides is 3. The smallest absolute Gasteiger partial charge is 0.273 e. The molecule has 0 saturated carbocycles. The molecule has 0 aliphatic heterocycles. The van der Waals surface area contributed by atoms with Gasteiger partial charge in [0.2, 0.25) is 0 Å². The molecule has 0 aliphatic rings. The Labute approximate surface area is 130 Å². The number of hydrogen-bond donors (Lipinski definition) is 3. The van der Waals surface area contributed by atoms with Gasteiger partial charge in [-0.25, -0.2) is 0 Å². The van der Waals surface area contributed by atoms with E-state index in [9.17, 15) is 14.4 Å². The van der Waals surface area contributed by atoms with Crippen molar-refractivity contribution >= 4 is 29.1 Å². The lowest BCUT2D eigenvalue weighted by Gasteiger charge is -2.07. The number of furan rings is 1. The zero-order valence-corrected chi connectivity index (χ0v) is 12.9. The third kappa shape index (κ3) is 3.95. The van der Waals surface area contributed by atoms with Crippen LogP contribution in [0.4, 0.5) is 0 Å². The zero-order chi connectivity index (χ0) is 16.1. The summed E-state index contributed by atoms with van der Waals surface area (Å²) >= 11 is 1.34. The number of carbonyl (C=O) groups excluding carboxylic acids is 3. The highest BCUT2D eigenvalue weighted by atomic mass is 32.1. The first-order chi connectivity index (χ1) is 10.5. The number of hydrazine groups is 1. The van der Waals surface area contributed by atoms with Gasteiger partial charge in [0.1, 0.15) is 5.76 Å². The number of rotatable bonds is 4. The quantitative estimate of drug-likeness (QED) is 0.735. The molecule has 0 bridgehead atoms. The molecule has 3 amide bonds. The minimum Gasteiger partial charge on any atom is -0.469 e. The van der Waals surface area contributed by atoms with Crippen LogP contribution in [-0.4, -0.2) is 24.3 Å². The zero-order valence-electron chi connectivity index (χ0n) is 12.1. The van der Waals surface area contributed by atoms with Crippen molar-refractivity contribution < 1.29 is 18.8 Å². The predicted molar refractivity (Wildman–Crippen MR) is 80.4 cm³/mol. The fraction of sp³-hybridized carbons (Fsp3) is 0.214. The van der Waals surface area contributed by atoms with Crippen LogP contribution in [0.5, 0.6) is 0 Å². The monoisotopic (exact) mass is 321 g/mol. The van der Waals surface area contributed by atoms with E-state index < -0.39 is 11.8 Å². The first-order valence-corrected chi connectivity index (χ1v) is 7.27. The molecule has 0 saturated heterocycles. The topological polar surface area (TPSA) is 100 Å². The average Bonchev–Trinajstić information content (AvgIpc) is 3.10. The fourth-order valence-corrected chi connectivity index (χ4v) is 2.45. The lowest BCUT2D eigenvalue weighted by atomic mass is 10.2. The van der Waals surface area contributed by atoms with Crippen molar-refractivity contribution in [2.45, 2.75) is 13.8 Å². The second-order valence-corrected chi connectivity index (χ2v) is 5.77. The average molecular weight is 321 g/mol. The van der Waals surface area contributed by atoms with Crippen molar-refractivity contribution in [2.24, 2.45) is 0 Å². The lowest BCUT2D eigenvalue weighted by Crippen LogP contribution is -2.46. The molecule has 3 N–H and O–H groups in total. The Morgan fingerprint density at radius 3 is 2.45 bits per heavy atom. The molecular formula is C14H15N3O4S. The maximum atomic E-state index is 11.8. The Morgan fingerprint density at radius 2 is 1.86 bits per heavy atom. The van der Waals surface area contributed by atoms with Crippen LogP contribution in [0.3, 0.4) is 0 Å². The van der Waals surface area contributed by atoms with Crippen LogP contribution < -0.4 is 16.2 Å². The van der Waals surface area contributed by atoms with E-state index in [4.69, 9.17) is 4.42 Å². The first kappa shape index (κ1) is 15.8. The van der Waals surface area contributed by atoms with Crippen LogP contribution in [0.25, 0.3) is 0 Å². The Balaban J connectivity index is 1.75. The van der Waals surface area contributed by atoms with Crippen molar-refractivity contribution in [3.63, 3.8) is 0 Å². The Morgan fingerprint density at radius 1 is 1.09 bits per heavy atom. The van der Waals surface area contributed by atoms with Crippen molar-refractivity contribution in [1.82, 2.24) is 16.2 Å². The van der Waals surface area contributed by atoms with E-state index in [-0.39, 0.29) is 12.5 Å².